The number of phenols is 1. The molecule has 0 spiro atoms. The summed E-state index contributed by atoms with van der Waals surface area (Å²) in [5.41, 5.74) is 0. The minimum Gasteiger partial charge on any atom is -0.508 e. The fraction of sp³-hybridized carbons (Fsp3) is 0.188. The van der Waals surface area contributed by atoms with E-state index in [2.05, 4.69) is 0 Å². The molecular formula is C16H14O7. The molecule has 0 saturated heterocycles. The number of hydrogen-bond donors (Lipinski definition) is 1. The summed E-state index contributed by atoms with van der Waals surface area (Å²) >= 11 is 0. The highest BCUT2D eigenvalue weighted by Crippen LogP contribution is 2.35. The van der Waals surface area contributed by atoms with Gasteiger partial charge in [-0.1, -0.05) is 0 Å². The van der Waals surface area contributed by atoms with Crippen LogP contribution in [0.25, 0.3) is 0 Å². The number of fused-ring (bicyclic) bond motifs is 2. The van der Waals surface area contributed by atoms with E-state index in [1.165, 1.54) is 13.0 Å². The van der Waals surface area contributed by atoms with Crippen LogP contribution in [0.4, 0.5) is 0 Å². The number of ether oxygens (including phenoxy) is 5. The van der Waals surface area contributed by atoms with Crippen LogP contribution in [0, 0.1) is 0 Å². The van der Waals surface area contributed by atoms with Gasteiger partial charge in [0.15, 0.2) is 23.0 Å². The lowest BCUT2D eigenvalue weighted by Gasteiger charge is -2.01. The summed E-state index contributed by atoms with van der Waals surface area (Å²) in [6.07, 6.45) is 0. The second-order valence-electron chi connectivity index (χ2n) is 4.65. The van der Waals surface area contributed by atoms with E-state index in [0.29, 0.717) is 28.7 Å². The molecule has 0 aromatic heterocycles. The Kier molecular flexibility index (Phi) is 4.09. The van der Waals surface area contributed by atoms with E-state index in [0.717, 1.165) is 0 Å². The van der Waals surface area contributed by atoms with Crippen LogP contribution in [-0.4, -0.2) is 24.7 Å². The van der Waals surface area contributed by atoms with Crippen molar-refractivity contribution in [3.63, 3.8) is 0 Å². The lowest BCUT2D eigenvalue weighted by Crippen LogP contribution is -2.00. The van der Waals surface area contributed by atoms with Gasteiger partial charge in [0.05, 0.1) is 0 Å². The van der Waals surface area contributed by atoms with Crippen molar-refractivity contribution < 1.29 is 33.6 Å². The standard InChI is InChI=1S/C9H8O4.C7H6O3/c1-6(10)13-7-2-3-8-9(4-7)12-5-11-8;8-5-1-2-6-7(3-5)10-4-9-6/h2-4H,5H2,1H3;1-3,8H,4H2. The molecule has 0 radical (unpaired) electrons. The summed E-state index contributed by atoms with van der Waals surface area (Å²) < 4.78 is 25.1. The Bertz CT molecular complexity index is 726. The van der Waals surface area contributed by atoms with Gasteiger partial charge in [0.2, 0.25) is 13.6 Å². The van der Waals surface area contributed by atoms with Gasteiger partial charge < -0.3 is 28.8 Å². The van der Waals surface area contributed by atoms with Crippen LogP contribution in [0.3, 0.4) is 0 Å². The first kappa shape index (κ1) is 14.8. The third kappa shape index (κ3) is 3.57. The van der Waals surface area contributed by atoms with Gasteiger partial charge in [-0.3, -0.25) is 4.79 Å². The highest BCUT2D eigenvalue weighted by molar-refractivity contribution is 5.69. The summed E-state index contributed by atoms with van der Waals surface area (Å²) in [4.78, 5) is 10.6. The van der Waals surface area contributed by atoms with Gasteiger partial charge in [-0.05, 0) is 24.3 Å². The maximum atomic E-state index is 10.6. The number of esters is 1. The van der Waals surface area contributed by atoms with E-state index in [4.69, 9.17) is 28.8 Å². The molecule has 7 heteroatoms. The molecule has 23 heavy (non-hydrogen) atoms. The van der Waals surface area contributed by atoms with Crippen LogP contribution < -0.4 is 23.7 Å². The summed E-state index contributed by atoms with van der Waals surface area (Å²) in [6, 6.07) is 9.77. The van der Waals surface area contributed by atoms with Gasteiger partial charge in [-0.2, -0.15) is 0 Å². The Labute approximate surface area is 131 Å². The lowest BCUT2D eigenvalue weighted by molar-refractivity contribution is -0.131. The Morgan fingerprint density at radius 3 is 2.13 bits per heavy atom. The molecule has 7 nitrogen and oxygen atoms in total. The summed E-state index contributed by atoms with van der Waals surface area (Å²) in [7, 11) is 0. The monoisotopic (exact) mass is 318 g/mol. The average Bonchev–Trinajstić information content (AvgIpc) is 3.14. The zero-order valence-electron chi connectivity index (χ0n) is 12.3. The quantitative estimate of drug-likeness (QED) is 0.638. The first-order valence-corrected chi connectivity index (χ1v) is 6.78. The number of phenolic OH excluding ortho intramolecular Hbond substituents is 1. The molecule has 0 aliphatic carbocycles. The number of carbonyl (C=O) groups excluding carboxylic acids is 1. The minimum absolute atomic E-state index is 0.198. The molecule has 120 valence electrons. The first-order valence-electron chi connectivity index (χ1n) is 6.78. The van der Waals surface area contributed by atoms with Gasteiger partial charge in [-0.15, -0.1) is 0 Å². The molecule has 2 heterocycles. The Hall–Kier alpha value is -3.09. The molecule has 4 rings (SSSR count). The average molecular weight is 318 g/mol. The van der Waals surface area contributed by atoms with Crippen LogP contribution in [0.5, 0.6) is 34.5 Å². The SMILES string of the molecule is CC(=O)Oc1ccc2c(c1)OCO2.Oc1ccc2c(c1)OCO2. The highest BCUT2D eigenvalue weighted by atomic mass is 16.7. The summed E-state index contributed by atoms with van der Waals surface area (Å²) in [5.74, 6) is 2.91. The number of hydrogen-bond acceptors (Lipinski definition) is 7. The lowest BCUT2D eigenvalue weighted by atomic mass is 10.3. The van der Waals surface area contributed by atoms with Crippen molar-refractivity contribution in [3.05, 3.63) is 36.4 Å². The molecule has 2 aromatic rings. The second kappa shape index (κ2) is 6.35. The largest absolute Gasteiger partial charge is 0.508 e. The third-order valence-electron chi connectivity index (χ3n) is 2.96. The van der Waals surface area contributed by atoms with Gasteiger partial charge in [0.1, 0.15) is 11.5 Å². The van der Waals surface area contributed by atoms with Crippen molar-refractivity contribution in [1.29, 1.82) is 0 Å². The van der Waals surface area contributed by atoms with Crippen LogP contribution in [0.2, 0.25) is 0 Å². The summed E-state index contributed by atoms with van der Waals surface area (Å²) in [6.45, 7) is 1.82. The van der Waals surface area contributed by atoms with E-state index < -0.39 is 0 Å². The maximum Gasteiger partial charge on any atom is 0.308 e. The molecule has 2 aliphatic heterocycles. The Balaban J connectivity index is 0.000000140. The predicted molar refractivity (Wildman–Crippen MR) is 78.1 cm³/mol. The van der Waals surface area contributed by atoms with Crippen molar-refractivity contribution in [2.45, 2.75) is 6.92 Å². The predicted octanol–water partition coefficient (Wildman–Crippen LogP) is 2.46. The third-order valence-corrected chi connectivity index (χ3v) is 2.96. The van der Waals surface area contributed by atoms with Crippen molar-refractivity contribution in [2.75, 3.05) is 13.6 Å². The van der Waals surface area contributed by atoms with Crippen molar-refractivity contribution in [3.8, 4) is 34.5 Å². The normalized spacial score (nSPS) is 13.1. The fourth-order valence-electron chi connectivity index (χ4n) is 1.99. The van der Waals surface area contributed by atoms with E-state index in [9.17, 15) is 4.79 Å². The number of carbonyl (C=O) groups is 1. The first-order chi connectivity index (χ1) is 11.1. The van der Waals surface area contributed by atoms with Gasteiger partial charge in [0.25, 0.3) is 0 Å². The number of aromatic hydroxyl groups is 1. The molecule has 0 unspecified atom stereocenters. The van der Waals surface area contributed by atoms with Crippen LogP contribution in [0.1, 0.15) is 6.92 Å². The fourth-order valence-corrected chi connectivity index (χ4v) is 1.99. The summed E-state index contributed by atoms with van der Waals surface area (Å²) in [5, 5.41) is 8.96. The molecule has 2 aliphatic rings. The van der Waals surface area contributed by atoms with E-state index in [-0.39, 0.29) is 25.3 Å². The van der Waals surface area contributed by atoms with E-state index in [1.54, 1.807) is 30.3 Å². The smallest absolute Gasteiger partial charge is 0.308 e. The molecular weight excluding hydrogens is 304 g/mol. The highest BCUT2D eigenvalue weighted by Gasteiger charge is 2.14. The molecule has 1 N–H and O–H groups in total. The van der Waals surface area contributed by atoms with Gasteiger partial charge in [-0.25, -0.2) is 0 Å². The number of rotatable bonds is 1. The van der Waals surface area contributed by atoms with Gasteiger partial charge in [0, 0.05) is 19.1 Å². The number of benzene rings is 2. The minimum atomic E-state index is -0.348. The zero-order valence-corrected chi connectivity index (χ0v) is 12.3. The molecule has 2 aromatic carbocycles. The molecule has 0 amide bonds. The topological polar surface area (TPSA) is 83.5 Å². The molecule has 0 bridgehead atoms. The maximum absolute atomic E-state index is 10.6. The second-order valence-corrected chi connectivity index (χ2v) is 4.65. The van der Waals surface area contributed by atoms with Crippen molar-refractivity contribution in [2.24, 2.45) is 0 Å². The zero-order chi connectivity index (χ0) is 16.2. The Morgan fingerprint density at radius 2 is 1.48 bits per heavy atom. The van der Waals surface area contributed by atoms with Crippen LogP contribution in [-0.2, 0) is 4.79 Å². The van der Waals surface area contributed by atoms with E-state index in [1.807, 2.05) is 0 Å². The molecule has 0 saturated carbocycles. The van der Waals surface area contributed by atoms with Crippen LogP contribution in [0.15, 0.2) is 36.4 Å². The van der Waals surface area contributed by atoms with Gasteiger partial charge >= 0.3 is 5.97 Å². The molecule has 0 fully saturated rings. The Morgan fingerprint density at radius 1 is 0.913 bits per heavy atom. The van der Waals surface area contributed by atoms with Crippen molar-refractivity contribution in [1.82, 2.24) is 0 Å². The van der Waals surface area contributed by atoms with E-state index >= 15 is 0 Å². The van der Waals surface area contributed by atoms with Crippen molar-refractivity contribution >= 4 is 5.97 Å². The van der Waals surface area contributed by atoms with Crippen LogP contribution >= 0.6 is 0 Å². The molecule has 0 atom stereocenters.